The van der Waals surface area contributed by atoms with E-state index in [1.54, 1.807) is 6.07 Å². The SMILES string of the molecule is Cc1cc(Oc2nc(C(N)=O)ccc2N)cc(C)c1Br. The number of nitrogen functional groups attached to an aromatic ring is 1. The summed E-state index contributed by atoms with van der Waals surface area (Å²) in [6.45, 7) is 3.92. The van der Waals surface area contributed by atoms with E-state index in [-0.39, 0.29) is 11.6 Å². The first-order valence-electron chi connectivity index (χ1n) is 5.89. The first-order valence-corrected chi connectivity index (χ1v) is 6.68. The van der Waals surface area contributed by atoms with Gasteiger partial charge < -0.3 is 16.2 Å². The van der Waals surface area contributed by atoms with Gasteiger partial charge in [0.25, 0.3) is 5.91 Å². The maximum absolute atomic E-state index is 11.1. The lowest BCUT2D eigenvalue weighted by Crippen LogP contribution is -2.13. The molecule has 0 saturated carbocycles. The van der Waals surface area contributed by atoms with Gasteiger partial charge in [-0.05, 0) is 49.2 Å². The molecule has 0 radical (unpaired) electrons. The van der Waals surface area contributed by atoms with Crippen molar-refractivity contribution in [2.75, 3.05) is 5.73 Å². The molecule has 0 aliphatic rings. The smallest absolute Gasteiger partial charge is 0.267 e. The second-order valence-electron chi connectivity index (χ2n) is 4.43. The maximum atomic E-state index is 11.1. The standard InChI is InChI=1S/C14H14BrN3O2/c1-7-5-9(6-8(2)12(7)15)20-14-10(16)3-4-11(18-14)13(17)19/h3-6H,16H2,1-2H3,(H2,17,19). The maximum Gasteiger partial charge on any atom is 0.267 e. The number of amides is 1. The highest BCUT2D eigenvalue weighted by Crippen LogP contribution is 2.30. The normalized spacial score (nSPS) is 10.3. The quantitative estimate of drug-likeness (QED) is 0.901. The van der Waals surface area contributed by atoms with Gasteiger partial charge in [-0.25, -0.2) is 4.98 Å². The second-order valence-corrected chi connectivity index (χ2v) is 5.22. The molecule has 2 aromatic rings. The number of carbonyl (C=O) groups excluding carboxylic acids is 1. The topological polar surface area (TPSA) is 91.2 Å². The van der Waals surface area contributed by atoms with Crippen molar-refractivity contribution in [1.29, 1.82) is 0 Å². The summed E-state index contributed by atoms with van der Waals surface area (Å²) in [4.78, 5) is 15.1. The predicted octanol–water partition coefficient (Wildman–Crippen LogP) is 2.93. The van der Waals surface area contributed by atoms with Gasteiger partial charge in [0, 0.05) is 4.47 Å². The number of aromatic nitrogens is 1. The van der Waals surface area contributed by atoms with Crippen LogP contribution in [0, 0.1) is 13.8 Å². The number of pyridine rings is 1. The molecule has 1 heterocycles. The lowest BCUT2D eigenvalue weighted by molar-refractivity contribution is 0.0995. The van der Waals surface area contributed by atoms with Gasteiger partial charge in [0.2, 0.25) is 5.88 Å². The fourth-order valence-corrected chi connectivity index (χ4v) is 1.98. The van der Waals surface area contributed by atoms with Crippen LogP contribution >= 0.6 is 15.9 Å². The molecule has 0 aliphatic carbocycles. The van der Waals surface area contributed by atoms with Crippen LogP contribution in [0.5, 0.6) is 11.6 Å². The molecule has 2 rings (SSSR count). The molecular weight excluding hydrogens is 322 g/mol. The Hall–Kier alpha value is -2.08. The molecule has 104 valence electrons. The number of benzene rings is 1. The van der Waals surface area contributed by atoms with Crippen LogP contribution in [0.15, 0.2) is 28.7 Å². The Labute approximate surface area is 125 Å². The first kappa shape index (κ1) is 14.3. The Bertz CT molecular complexity index is 663. The van der Waals surface area contributed by atoms with Gasteiger partial charge in [-0.2, -0.15) is 0 Å². The van der Waals surface area contributed by atoms with E-state index in [4.69, 9.17) is 16.2 Å². The van der Waals surface area contributed by atoms with E-state index in [0.717, 1.165) is 15.6 Å². The number of nitrogens with two attached hydrogens (primary N) is 2. The van der Waals surface area contributed by atoms with Crippen LogP contribution in [0.2, 0.25) is 0 Å². The Balaban J connectivity index is 2.39. The van der Waals surface area contributed by atoms with E-state index in [9.17, 15) is 4.79 Å². The fraction of sp³-hybridized carbons (Fsp3) is 0.143. The summed E-state index contributed by atoms with van der Waals surface area (Å²) in [6, 6.07) is 6.72. The van der Waals surface area contributed by atoms with Gasteiger partial charge in [0.05, 0.1) is 5.69 Å². The molecular formula is C14H14BrN3O2. The number of rotatable bonds is 3. The largest absolute Gasteiger partial charge is 0.437 e. The predicted molar refractivity (Wildman–Crippen MR) is 80.9 cm³/mol. The minimum Gasteiger partial charge on any atom is -0.437 e. The number of hydrogen-bond acceptors (Lipinski definition) is 4. The number of aryl methyl sites for hydroxylation is 2. The lowest BCUT2D eigenvalue weighted by atomic mass is 10.1. The average Bonchev–Trinajstić information content (AvgIpc) is 2.38. The number of nitrogens with zero attached hydrogens (tertiary/aromatic N) is 1. The van der Waals surface area contributed by atoms with E-state index in [2.05, 4.69) is 20.9 Å². The first-order chi connectivity index (χ1) is 9.38. The Morgan fingerprint density at radius 1 is 1.25 bits per heavy atom. The van der Waals surface area contributed by atoms with Gasteiger partial charge in [0.1, 0.15) is 11.4 Å². The van der Waals surface area contributed by atoms with Crippen LogP contribution in [0.4, 0.5) is 5.69 Å². The van der Waals surface area contributed by atoms with Crippen LogP contribution in [0.1, 0.15) is 21.6 Å². The zero-order chi connectivity index (χ0) is 14.9. The summed E-state index contributed by atoms with van der Waals surface area (Å²) in [6.07, 6.45) is 0. The van der Waals surface area contributed by atoms with Crippen LogP contribution in [0.25, 0.3) is 0 Å². The minimum absolute atomic E-state index is 0.111. The second kappa shape index (κ2) is 5.50. The van der Waals surface area contributed by atoms with Gasteiger partial charge in [-0.3, -0.25) is 4.79 Å². The molecule has 1 aromatic carbocycles. The summed E-state index contributed by atoms with van der Waals surface area (Å²) in [5, 5.41) is 0. The number of halogens is 1. The Morgan fingerprint density at radius 3 is 2.40 bits per heavy atom. The van der Waals surface area contributed by atoms with Crippen LogP contribution in [-0.2, 0) is 0 Å². The summed E-state index contributed by atoms with van der Waals surface area (Å²) in [7, 11) is 0. The average molecular weight is 336 g/mol. The Morgan fingerprint density at radius 2 is 1.85 bits per heavy atom. The van der Waals surface area contributed by atoms with Gasteiger partial charge in [-0.1, -0.05) is 15.9 Å². The number of carbonyl (C=O) groups is 1. The summed E-state index contributed by atoms with van der Waals surface area (Å²) < 4.78 is 6.68. The lowest BCUT2D eigenvalue weighted by Gasteiger charge is -2.11. The highest BCUT2D eigenvalue weighted by atomic mass is 79.9. The van der Waals surface area contributed by atoms with Crippen molar-refractivity contribution in [3.8, 4) is 11.6 Å². The van der Waals surface area contributed by atoms with E-state index in [1.807, 2.05) is 26.0 Å². The van der Waals surface area contributed by atoms with Gasteiger partial charge in [0.15, 0.2) is 0 Å². The van der Waals surface area contributed by atoms with Gasteiger partial charge in [-0.15, -0.1) is 0 Å². The van der Waals surface area contributed by atoms with Crippen LogP contribution in [-0.4, -0.2) is 10.9 Å². The fourth-order valence-electron chi connectivity index (χ4n) is 1.75. The van der Waals surface area contributed by atoms with Crippen molar-refractivity contribution in [2.45, 2.75) is 13.8 Å². The van der Waals surface area contributed by atoms with Crippen LogP contribution in [0.3, 0.4) is 0 Å². The van der Waals surface area contributed by atoms with Crippen molar-refractivity contribution in [2.24, 2.45) is 5.73 Å². The molecule has 0 spiro atoms. The summed E-state index contributed by atoms with van der Waals surface area (Å²) in [5.74, 6) is 0.143. The molecule has 0 fully saturated rings. The molecule has 20 heavy (non-hydrogen) atoms. The molecule has 0 bridgehead atoms. The monoisotopic (exact) mass is 335 g/mol. The number of anilines is 1. The van der Waals surface area contributed by atoms with Crippen molar-refractivity contribution in [3.63, 3.8) is 0 Å². The number of hydrogen-bond donors (Lipinski definition) is 2. The third-order valence-corrected chi connectivity index (χ3v) is 4.02. The third kappa shape index (κ3) is 2.91. The van der Waals surface area contributed by atoms with E-state index in [0.29, 0.717) is 11.4 Å². The third-order valence-electron chi connectivity index (χ3n) is 2.77. The van der Waals surface area contributed by atoms with Crippen molar-refractivity contribution in [3.05, 3.63) is 45.6 Å². The molecule has 6 heteroatoms. The highest BCUT2D eigenvalue weighted by Gasteiger charge is 2.10. The van der Waals surface area contributed by atoms with Crippen LogP contribution < -0.4 is 16.2 Å². The van der Waals surface area contributed by atoms with E-state index in [1.165, 1.54) is 6.07 Å². The zero-order valence-electron chi connectivity index (χ0n) is 11.1. The molecule has 0 saturated heterocycles. The highest BCUT2D eigenvalue weighted by molar-refractivity contribution is 9.10. The molecule has 0 atom stereocenters. The summed E-state index contributed by atoms with van der Waals surface area (Å²) >= 11 is 3.49. The molecule has 5 nitrogen and oxygen atoms in total. The van der Waals surface area contributed by atoms with Crippen molar-refractivity contribution in [1.82, 2.24) is 4.98 Å². The summed E-state index contributed by atoms with van der Waals surface area (Å²) in [5.41, 5.74) is 13.5. The minimum atomic E-state index is -0.627. The number of ether oxygens (including phenoxy) is 1. The molecule has 0 aliphatic heterocycles. The van der Waals surface area contributed by atoms with Crippen molar-refractivity contribution >= 4 is 27.5 Å². The molecule has 1 amide bonds. The molecule has 4 N–H and O–H groups in total. The van der Waals surface area contributed by atoms with E-state index >= 15 is 0 Å². The van der Waals surface area contributed by atoms with Crippen molar-refractivity contribution < 1.29 is 9.53 Å². The van der Waals surface area contributed by atoms with E-state index < -0.39 is 5.91 Å². The Kier molecular flexibility index (Phi) is 3.94. The van der Waals surface area contributed by atoms with Gasteiger partial charge >= 0.3 is 0 Å². The number of primary amides is 1. The molecule has 0 unspecified atom stereocenters. The zero-order valence-corrected chi connectivity index (χ0v) is 12.7. The molecule has 1 aromatic heterocycles.